The number of fused-ring (bicyclic) bond motifs is 2. The Morgan fingerprint density at radius 1 is 1.00 bits per heavy atom. The van der Waals surface area contributed by atoms with Gasteiger partial charge in [-0.05, 0) is 57.0 Å². The van der Waals surface area contributed by atoms with Crippen molar-refractivity contribution in [2.45, 2.75) is 64.1 Å². The Morgan fingerprint density at radius 3 is 2.43 bits per heavy atom. The van der Waals surface area contributed by atoms with Crippen molar-refractivity contribution >= 4 is 49.7 Å². The second-order valence-corrected chi connectivity index (χ2v) is 13.7. The van der Waals surface area contributed by atoms with Crippen molar-refractivity contribution in [1.82, 2.24) is 19.2 Å². The molecule has 0 radical (unpaired) electrons. The van der Waals surface area contributed by atoms with Crippen molar-refractivity contribution in [3.8, 4) is 16.9 Å². The zero-order valence-electron chi connectivity index (χ0n) is 29.1. The van der Waals surface area contributed by atoms with E-state index in [1.807, 2.05) is 85.6 Å². The minimum atomic E-state index is -1.00. The Labute approximate surface area is 295 Å². The highest BCUT2D eigenvalue weighted by atomic mass is 79.9. The fourth-order valence-corrected chi connectivity index (χ4v) is 7.02. The maximum absolute atomic E-state index is 13.1. The third-order valence-corrected chi connectivity index (χ3v) is 8.99. The van der Waals surface area contributed by atoms with E-state index in [0.29, 0.717) is 50.9 Å². The van der Waals surface area contributed by atoms with Gasteiger partial charge in [0.05, 0.1) is 30.1 Å². The molecule has 0 spiro atoms. The fraction of sp³-hybridized carbons (Fsp3) is 0.395. The van der Waals surface area contributed by atoms with E-state index in [-0.39, 0.29) is 5.69 Å². The molecule has 0 bridgehead atoms. The normalized spacial score (nSPS) is 11.7. The van der Waals surface area contributed by atoms with Crippen molar-refractivity contribution in [3.05, 3.63) is 83.3 Å². The number of aromatic carboxylic acids is 1. The highest BCUT2D eigenvalue weighted by Gasteiger charge is 2.27. The molecule has 5 aromatic rings. The van der Waals surface area contributed by atoms with Crippen LogP contribution < -0.4 is 4.74 Å². The topological polar surface area (TPSA) is 108 Å². The number of carbonyl (C=O) groups is 2. The summed E-state index contributed by atoms with van der Waals surface area (Å²) in [4.78, 5) is 27.4. The van der Waals surface area contributed by atoms with Crippen LogP contribution in [0.4, 0.5) is 4.79 Å². The van der Waals surface area contributed by atoms with Gasteiger partial charge in [-0.1, -0.05) is 70.5 Å². The van der Waals surface area contributed by atoms with Gasteiger partial charge in [0.1, 0.15) is 17.0 Å². The van der Waals surface area contributed by atoms with Crippen LogP contribution >= 0.6 is 15.9 Å². The number of alkyl halides is 1. The molecule has 0 fully saturated rings. The molecule has 2 aromatic heterocycles. The first-order valence-electron chi connectivity index (χ1n) is 16.5. The van der Waals surface area contributed by atoms with Gasteiger partial charge in [-0.25, -0.2) is 9.59 Å². The van der Waals surface area contributed by atoms with E-state index in [1.54, 1.807) is 14.2 Å². The summed E-state index contributed by atoms with van der Waals surface area (Å²) in [5.74, 6) is -0.198. The van der Waals surface area contributed by atoms with Crippen molar-refractivity contribution in [2.75, 3.05) is 27.3 Å². The predicted molar refractivity (Wildman–Crippen MR) is 196 cm³/mol. The summed E-state index contributed by atoms with van der Waals surface area (Å²) in [6.45, 7) is 6.98. The number of rotatable bonds is 14. The highest BCUT2D eigenvalue weighted by molar-refractivity contribution is 9.08. The first-order chi connectivity index (χ1) is 23.4. The van der Waals surface area contributed by atoms with Gasteiger partial charge in [-0.15, -0.1) is 0 Å². The maximum atomic E-state index is 13.1. The average Bonchev–Trinajstić information content (AvgIpc) is 3.55. The summed E-state index contributed by atoms with van der Waals surface area (Å²) < 4.78 is 21.1. The number of carboxylic acid groups (broad SMARTS) is 1. The Morgan fingerprint density at radius 2 is 1.71 bits per heavy atom. The molecular weight excluding hydrogens is 688 g/mol. The van der Waals surface area contributed by atoms with E-state index in [4.69, 9.17) is 19.3 Å². The number of ether oxygens (including phenoxy) is 3. The number of para-hydroxylation sites is 1. The first kappa shape index (κ1) is 35.9. The molecule has 0 aliphatic heterocycles. The number of benzene rings is 3. The second-order valence-electron chi connectivity index (χ2n) is 13.1. The van der Waals surface area contributed by atoms with Gasteiger partial charge in [-0.3, -0.25) is 4.68 Å². The van der Waals surface area contributed by atoms with E-state index in [2.05, 4.69) is 28.1 Å². The smallest absolute Gasteiger partial charge is 0.410 e. The number of carboxylic acids is 1. The van der Waals surface area contributed by atoms with Gasteiger partial charge in [0.15, 0.2) is 0 Å². The minimum absolute atomic E-state index is 0.241. The summed E-state index contributed by atoms with van der Waals surface area (Å²) in [5, 5.41) is 19.1. The molecule has 2 heterocycles. The zero-order valence-corrected chi connectivity index (χ0v) is 30.7. The van der Waals surface area contributed by atoms with Crippen LogP contribution in [-0.2, 0) is 41.4 Å². The number of amides is 1. The Balaban J connectivity index is 1.53. The number of carbonyl (C=O) groups excluding carboxylic acids is 1. The van der Waals surface area contributed by atoms with Gasteiger partial charge in [0.25, 0.3) is 0 Å². The summed E-state index contributed by atoms with van der Waals surface area (Å²) >= 11 is 3.65. The van der Waals surface area contributed by atoms with Crippen molar-refractivity contribution in [1.29, 1.82) is 0 Å². The number of hydrogen-bond donors (Lipinski definition) is 1. The second kappa shape index (κ2) is 15.5. The number of hydrogen-bond acceptors (Lipinski definition) is 6. The van der Waals surface area contributed by atoms with Gasteiger partial charge in [-0.2, -0.15) is 5.10 Å². The predicted octanol–water partition coefficient (Wildman–Crippen LogP) is 8.20. The lowest BCUT2D eigenvalue weighted by atomic mass is 9.98. The molecule has 1 amide bonds. The number of aromatic nitrogens is 3. The monoisotopic (exact) mass is 732 g/mol. The lowest BCUT2D eigenvalue weighted by Gasteiger charge is -2.24. The minimum Gasteiger partial charge on any atom is -0.493 e. The molecule has 0 aliphatic rings. The molecular formula is C38H45BrN4O6. The van der Waals surface area contributed by atoms with E-state index in [1.165, 1.54) is 4.90 Å². The van der Waals surface area contributed by atoms with Crippen LogP contribution in [0.3, 0.4) is 0 Å². The molecule has 0 unspecified atom stereocenters. The molecule has 5 rings (SSSR count). The summed E-state index contributed by atoms with van der Waals surface area (Å²) in [7, 11) is 5.23. The maximum Gasteiger partial charge on any atom is 0.410 e. The number of nitrogens with zero attached hydrogens (tertiary/aromatic N) is 4. The fourth-order valence-electron chi connectivity index (χ4n) is 6.37. The van der Waals surface area contributed by atoms with Crippen molar-refractivity contribution in [2.24, 2.45) is 7.05 Å². The Bertz CT molecular complexity index is 1950. The van der Waals surface area contributed by atoms with Crippen molar-refractivity contribution in [3.63, 3.8) is 0 Å². The molecule has 0 saturated heterocycles. The van der Waals surface area contributed by atoms with Gasteiger partial charge in [0, 0.05) is 61.5 Å². The third-order valence-electron chi connectivity index (χ3n) is 8.46. The lowest BCUT2D eigenvalue weighted by Crippen LogP contribution is -2.35. The SMILES string of the molecule is COCc1nn(C)c(CBr)c1-c1cccc2c(CCCOc3cccc4ccccc34)c(C(=O)O)n(CCCN(C)C(=O)OC(C)(C)C)c12. The molecule has 1 N–H and O–H groups in total. The average molecular weight is 734 g/mol. The zero-order chi connectivity index (χ0) is 35.3. The summed E-state index contributed by atoms with van der Waals surface area (Å²) in [6, 6.07) is 20.1. The molecule has 10 nitrogen and oxygen atoms in total. The molecule has 260 valence electrons. The summed E-state index contributed by atoms with van der Waals surface area (Å²) in [5.41, 5.74) is 4.72. The highest BCUT2D eigenvalue weighted by Crippen LogP contribution is 2.39. The molecule has 0 atom stereocenters. The van der Waals surface area contributed by atoms with Crippen LogP contribution in [-0.4, -0.2) is 69.3 Å². The molecule has 3 aromatic carbocycles. The van der Waals surface area contributed by atoms with Gasteiger partial charge in [0.2, 0.25) is 0 Å². The van der Waals surface area contributed by atoms with Crippen LogP contribution in [0.2, 0.25) is 0 Å². The van der Waals surface area contributed by atoms with Crippen LogP contribution in [0.1, 0.15) is 61.1 Å². The van der Waals surface area contributed by atoms with E-state index >= 15 is 0 Å². The number of halogens is 1. The number of aryl methyl sites for hydroxylation is 3. The number of methoxy groups -OCH3 is 1. The lowest BCUT2D eigenvalue weighted by molar-refractivity contribution is 0.0294. The van der Waals surface area contributed by atoms with Gasteiger partial charge >= 0.3 is 12.1 Å². The first-order valence-corrected chi connectivity index (χ1v) is 17.6. The Hall–Kier alpha value is -4.35. The standard InChI is InChI=1S/C38H45BrN4O6/c1-38(2,3)49-37(46)41(4)20-12-21-43-34-27(16-10-17-29(34)33-30(24-47-6)40-42(5)31(33)23-39)28(35(43)36(44)45)18-11-22-48-32-19-9-14-25-13-7-8-15-26(25)32/h7-10,13-17,19H,11-12,18,20-24H2,1-6H3,(H,44,45). The third kappa shape index (κ3) is 7.94. The molecule has 0 saturated carbocycles. The van der Waals surface area contributed by atoms with Gasteiger partial charge < -0.3 is 28.8 Å². The van der Waals surface area contributed by atoms with Crippen molar-refractivity contribution < 1.29 is 28.9 Å². The molecule has 11 heteroatoms. The van der Waals surface area contributed by atoms with E-state index in [9.17, 15) is 14.7 Å². The van der Waals surface area contributed by atoms with E-state index in [0.717, 1.165) is 55.5 Å². The van der Waals surface area contributed by atoms with Crippen LogP contribution in [0, 0.1) is 0 Å². The summed E-state index contributed by atoms with van der Waals surface area (Å²) in [6.07, 6.45) is 1.21. The Kier molecular flexibility index (Phi) is 11.3. The molecule has 0 aliphatic carbocycles. The van der Waals surface area contributed by atoms with Crippen LogP contribution in [0.25, 0.3) is 32.8 Å². The quantitative estimate of drug-likeness (QED) is 0.0906. The van der Waals surface area contributed by atoms with E-state index < -0.39 is 17.7 Å². The largest absolute Gasteiger partial charge is 0.493 e. The molecule has 49 heavy (non-hydrogen) atoms. The van der Waals surface area contributed by atoms with Crippen LogP contribution in [0.5, 0.6) is 5.75 Å². The van der Waals surface area contributed by atoms with Crippen LogP contribution in [0.15, 0.2) is 60.7 Å².